The van der Waals surface area contributed by atoms with Crippen molar-refractivity contribution in [3.63, 3.8) is 0 Å². The predicted octanol–water partition coefficient (Wildman–Crippen LogP) is 2.83. The lowest BCUT2D eigenvalue weighted by Crippen LogP contribution is -2.41. The maximum atomic E-state index is 12.4. The number of hydrogen-bond donors (Lipinski definition) is 2. The molecule has 7 heteroatoms. The molecule has 3 N–H and O–H groups in total. The number of thiocarbonyl (C=S) groups is 1. The van der Waals surface area contributed by atoms with Crippen LogP contribution in [0.3, 0.4) is 0 Å². The van der Waals surface area contributed by atoms with Gasteiger partial charge in [0, 0.05) is 12.1 Å². The minimum atomic E-state index is -3.62. The van der Waals surface area contributed by atoms with E-state index in [1.165, 1.54) is 18.6 Å². The fourth-order valence-electron chi connectivity index (χ4n) is 2.53. The number of rotatable bonds is 6. The van der Waals surface area contributed by atoms with E-state index >= 15 is 0 Å². The molecule has 0 unspecified atom stereocenters. The summed E-state index contributed by atoms with van der Waals surface area (Å²) in [6.07, 6.45) is 4.28. The van der Waals surface area contributed by atoms with Gasteiger partial charge in [-0.15, -0.1) is 0 Å². The number of hydrogen-bond acceptors (Lipinski definition) is 3. The van der Waals surface area contributed by atoms with Gasteiger partial charge in [-0.2, -0.15) is 0 Å². The van der Waals surface area contributed by atoms with E-state index in [-0.39, 0.29) is 20.3 Å². The summed E-state index contributed by atoms with van der Waals surface area (Å²) < 4.78 is 27.4. The van der Waals surface area contributed by atoms with Crippen molar-refractivity contribution in [1.29, 1.82) is 0 Å². The van der Waals surface area contributed by atoms with Gasteiger partial charge in [0.2, 0.25) is 10.0 Å². The zero-order valence-electron chi connectivity index (χ0n) is 11.9. The molecule has 0 amide bonds. The number of halogens is 1. The van der Waals surface area contributed by atoms with Gasteiger partial charge in [-0.1, -0.05) is 43.2 Å². The van der Waals surface area contributed by atoms with Crippen LogP contribution < -0.4 is 10.5 Å². The SMILES string of the molecule is CCC1(CNS(=O)(=O)c2ccc(C(N)=S)cc2Cl)CCC1. The normalized spacial score (nSPS) is 17.2. The summed E-state index contributed by atoms with van der Waals surface area (Å²) in [7, 11) is -3.62. The van der Waals surface area contributed by atoms with Crippen LogP contribution in [0, 0.1) is 5.41 Å². The van der Waals surface area contributed by atoms with E-state index in [0.29, 0.717) is 12.1 Å². The molecule has 1 saturated carbocycles. The van der Waals surface area contributed by atoms with Crippen molar-refractivity contribution in [2.75, 3.05) is 6.54 Å². The summed E-state index contributed by atoms with van der Waals surface area (Å²) in [5, 5.41) is 0.131. The molecule has 0 heterocycles. The molecule has 1 aromatic carbocycles. The number of sulfonamides is 1. The first kappa shape index (κ1) is 16.7. The monoisotopic (exact) mass is 346 g/mol. The van der Waals surface area contributed by atoms with E-state index in [9.17, 15) is 8.42 Å². The topological polar surface area (TPSA) is 72.2 Å². The second kappa shape index (κ2) is 6.20. The molecule has 0 aliphatic heterocycles. The van der Waals surface area contributed by atoms with Crippen LogP contribution in [0.15, 0.2) is 23.1 Å². The van der Waals surface area contributed by atoms with Gasteiger partial charge in [-0.3, -0.25) is 0 Å². The molecule has 1 aromatic rings. The molecule has 1 aliphatic rings. The fraction of sp³-hybridized carbons (Fsp3) is 0.500. The average molecular weight is 347 g/mol. The fourth-order valence-corrected chi connectivity index (χ4v) is 4.36. The summed E-state index contributed by atoms with van der Waals surface area (Å²) in [6, 6.07) is 4.50. The van der Waals surface area contributed by atoms with E-state index < -0.39 is 10.0 Å². The average Bonchev–Trinajstić information content (AvgIpc) is 2.37. The summed E-state index contributed by atoms with van der Waals surface area (Å²) in [5.74, 6) is 0. The van der Waals surface area contributed by atoms with Crippen LogP contribution in [0.2, 0.25) is 5.02 Å². The Hall–Kier alpha value is -0.690. The lowest BCUT2D eigenvalue weighted by Gasteiger charge is -2.41. The molecule has 4 nitrogen and oxygen atoms in total. The smallest absolute Gasteiger partial charge is 0.242 e. The minimum Gasteiger partial charge on any atom is -0.389 e. The largest absolute Gasteiger partial charge is 0.389 e. The van der Waals surface area contributed by atoms with E-state index in [0.717, 1.165) is 19.3 Å². The van der Waals surface area contributed by atoms with Gasteiger partial charge < -0.3 is 5.73 Å². The standard InChI is InChI=1S/C14H19ClN2O2S2/c1-2-14(6-3-7-14)9-17-21(18,19)12-5-4-10(13(16)20)8-11(12)15/h4-5,8,17H,2-3,6-7,9H2,1H3,(H2,16,20). The highest BCUT2D eigenvalue weighted by molar-refractivity contribution is 7.89. The van der Waals surface area contributed by atoms with Crippen molar-refractivity contribution >= 4 is 38.8 Å². The summed E-state index contributed by atoms with van der Waals surface area (Å²) in [4.78, 5) is 0.253. The van der Waals surface area contributed by atoms with Crippen molar-refractivity contribution in [1.82, 2.24) is 4.72 Å². The van der Waals surface area contributed by atoms with E-state index in [2.05, 4.69) is 11.6 Å². The van der Waals surface area contributed by atoms with Gasteiger partial charge in [0.1, 0.15) is 9.88 Å². The maximum absolute atomic E-state index is 12.4. The lowest BCUT2D eigenvalue weighted by molar-refractivity contribution is 0.133. The van der Waals surface area contributed by atoms with Gasteiger partial charge in [0.05, 0.1) is 5.02 Å². The first-order valence-electron chi connectivity index (χ1n) is 6.89. The summed E-state index contributed by atoms with van der Waals surface area (Å²) in [5.41, 5.74) is 6.17. The molecule has 21 heavy (non-hydrogen) atoms. The zero-order valence-corrected chi connectivity index (χ0v) is 14.2. The molecule has 0 atom stereocenters. The Morgan fingerprint density at radius 2 is 2.14 bits per heavy atom. The Bertz CT molecular complexity index is 649. The highest BCUT2D eigenvalue weighted by Crippen LogP contribution is 2.43. The Morgan fingerprint density at radius 3 is 2.57 bits per heavy atom. The zero-order chi connectivity index (χ0) is 15.7. The molecule has 0 bridgehead atoms. The van der Waals surface area contributed by atoms with Crippen molar-refractivity contribution in [2.45, 2.75) is 37.5 Å². The second-order valence-corrected chi connectivity index (χ2v) is 8.12. The Morgan fingerprint density at radius 1 is 1.48 bits per heavy atom. The Balaban J connectivity index is 2.18. The molecular weight excluding hydrogens is 328 g/mol. The Kier molecular flexibility index (Phi) is 4.92. The van der Waals surface area contributed by atoms with Crippen molar-refractivity contribution < 1.29 is 8.42 Å². The molecule has 1 aliphatic carbocycles. The van der Waals surface area contributed by atoms with Crippen molar-refractivity contribution in [2.24, 2.45) is 11.1 Å². The molecular formula is C14H19ClN2O2S2. The van der Waals surface area contributed by atoms with Crippen LogP contribution in [0.4, 0.5) is 0 Å². The first-order valence-corrected chi connectivity index (χ1v) is 9.16. The molecule has 116 valence electrons. The van der Waals surface area contributed by atoms with Crippen LogP contribution in [0.1, 0.15) is 38.2 Å². The Labute approximate surface area is 136 Å². The molecule has 0 saturated heterocycles. The van der Waals surface area contributed by atoms with E-state index in [1.807, 2.05) is 0 Å². The van der Waals surface area contributed by atoms with Crippen LogP contribution >= 0.6 is 23.8 Å². The number of nitrogens with one attached hydrogen (secondary N) is 1. The van der Waals surface area contributed by atoms with E-state index in [1.54, 1.807) is 6.07 Å². The predicted molar refractivity (Wildman–Crippen MR) is 89.1 cm³/mol. The van der Waals surface area contributed by atoms with E-state index in [4.69, 9.17) is 29.6 Å². The van der Waals surface area contributed by atoms with Crippen LogP contribution in [-0.4, -0.2) is 20.0 Å². The molecule has 1 fully saturated rings. The van der Waals surface area contributed by atoms with Gasteiger partial charge >= 0.3 is 0 Å². The highest BCUT2D eigenvalue weighted by atomic mass is 35.5. The highest BCUT2D eigenvalue weighted by Gasteiger charge is 2.36. The van der Waals surface area contributed by atoms with Crippen molar-refractivity contribution in [3.8, 4) is 0 Å². The third-order valence-electron chi connectivity index (χ3n) is 4.31. The first-order chi connectivity index (χ1) is 9.80. The van der Waals surface area contributed by atoms with Gasteiger partial charge in [0.25, 0.3) is 0 Å². The minimum absolute atomic E-state index is 0.0646. The number of benzene rings is 1. The third-order valence-corrected chi connectivity index (χ3v) is 6.43. The van der Waals surface area contributed by atoms with Gasteiger partial charge in [0.15, 0.2) is 0 Å². The van der Waals surface area contributed by atoms with Crippen LogP contribution in [0.5, 0.6) is 0 Å². The molecule has 0 radical (unpaired) electrons. The third kappa shape index (κ3) is 3.56. The van der Waals surface area contributed by atoms with Crippen LogP contribution in [0.25, 0.3) is 0 Å². The number of nitrogens with two attached hydrogens (primary N) is 1. The quantitative estimate of drug-likeness (QED) is 0.777. The lowest BCUT2D eigenvalue weighted by atomic mass is 9.67. The second-order valence-electron chi connectivity index (χ2n) is 5.54. The molecule has 0 spiro atoms. The van der Waals surface area contributed by atoms with Gasteiger partial charge in [-0.25, -0.2) is 13.1 Å². The van der Waals surface area contributed by atoms with Crippen LogP contribution in [-0.2, 0) is 10.0 Å². The summed E-state index contributed by atoms with van der Waals surface area (Å²) in [6.45, 7) is 2.55. The maximum Gasteiger partial charge on any atom is 0.242 e. The van der Waals surface area contributed by atoms with Gasteiger partial charge in [-0.05, 0) is 36.8 Å². The molecule has 2 rings (SSSR count). The summed E-state index contributed by atoms with van der Waals surface area (Å²) >= 11 is 10.9. The van der Waals surface area contributed by atoms with Crippen molar-refractivity contribution in [3.05, 3.63) is 28.8 Å². The molecule has 0 aromatic heterocycles.